The SMILES string of the molecule is CC.CCNCCNC(=O)c1cccc(OCC(N)OCCOCC(=O)NCC)c1. The van der Waals surface area contributed by atoms with E-state index >= 15 is 0 Å². The lowest BCUT2D eigenvalue weighted by atomic mass is 10.2. The van der Waals surface area contributed by atoms with Crippen LogP contribution in [0.15, 0.2) is 24.3 Å². The first-order chi connectivity index (χ1) is 14.6. The molecule has 0 fully saturated rings. The highest BCUT2D eigenvalue weighted by molar-refractivity contribution is 5.94. The second-order valence-corrected chi connectivity index (χ2v) is 5.86. The van der Waals surface area contributed by atoms with Crippen LogP contribution in [0.2, 0.25) is 0 Å². The first-order valence-corrected chi connectivity index (χ1v) is 10.5. The third kappa shape index (κ3) is 13.9. The van der Waals surface area contributed by atoms with Crippen molar-refractivity contribution in [2.45, 2.75) is 33.9 Å². The van der Waals surface area contributed by atoms with Gasteiger partial charge in [0.05, 0.1) is 13.2 Å². The average Bonchev–Trinajstić information content (AvgIpc) is 2.76. The second kappa shape index (κ2) is 18.8. The molecule has 0 saturated heterocycles. The summed E-state index contributed by atoms with van der Waals surface area (Å²) < 4.78 is 16.1. The number of carbonyl (C=O) groups is 2. The van der Waals surface area contributed by atoms with Crippen LogP contribution in [0.1, 0.15) is 38.1 Å². The van der Waals surface area contributed by atoms with Crippen LogP contribution in [0.25, 0.3) is 0 Å². The number of likely N-dealkylation sites (N-methyl/N-ethyl adjacent to an activating group) is 2. The van der Waals surface area contributed by atoms with Crippen LogP contribution in [0.3, 0.4) is 0 Å². The Morgan fingerprint density at radius 1 is 1.07 bits per heavy atom. The first-order valence-electron chi connectivity index (χ1n) is 10.5. The van der Waals surface area contributed by atoms with E-state index in [9.17, 15) is 9.59 Å². The fourth-order valence-electron chi connectivity index (χ4n) is 2.17. The highest BCUT2D eigenvalue weighted by atomic mass is 16.6. The van der Waals surface area contributed by atoms with E-state index in [0.717, 1.165) is 13.1 Å². The van der Waals surface area contributed by atoms with Crippen LogP contribution < -0.4 is 26.4 Å². The fourth-order valence-corrected chi connectivity index (χ4v) is 2.17. The number of hydrogen-bond donors (Lipinski definition) is 4. The Morgan fingerprint density at radius 2 is 1.83 bits per heavy atom. The number of carbonyl (C=O) groups excluding carboxylic acids is 2. The number of nitrogens with two attached hydrogens (primary N) is 1. The van der Waals surface area contributed by atoms with Gasteiger partial charge in [-0.05, 0) is 31.7 Å². The van der Waals surface area contributed by atoms with Crippen molar-refractivity contribution < 1.29 is 23.8 Å². The van der Waals surface area contributed by atoms with Crippen molar-refractivity contribution in [2.75, 3.05) is 52.6 Å². The van der Waals surface area contributed by atoms with E-state index in [4.69, 9.17) is 19.9 Å². The monoisotopic (exact) mass is 426 g/mol. The molecular formula is C21H38N4O5. The summed E-state index contributed by atoms with van der Waals surface area (Å²) in [6.45, 7) is 11.2. The van der Waals surface area contributed by atoms with Crippen LogP contribution in [0, 0.1) is 0 Å². The molecule has 0 aromatic heterocycles. The quantitative estimate of drug-likeness (QED) is 0.242. The smallest absolute Gasteiger partial charge is 0.251 e. The Hall–Kier alpha value is -2.20. The van der Waals surface area contributed by atoms with Gasteiger partial charge in [0.1, 0.15) is 25.2 Å². The molecule has 9 nitrogen and oxygen atoms in total. The standard InChI is InChI=1S/C19H32N4O5.C2H6/c1-3-21-8-9-23-19(25)15-6-5-7-16(12-15)28-13-17(20)27-11-10-26-14-18(24)22-4-2;1-2/h5-7,12,17,21H,3-4,8-11,13-14,20H2,1-2H3,(H,22,24)(H,23,25);1-2H3. The summed E-state index contributed by atoms with van der Waals surface area (Å²) in [5, 5.41) is 8.60. The normalized spacial score (nSPS) is 11.1. The number of hydrogen-bond acceptors (Lipinski definition) is 7. The van der Waals surface area contributed by atoms with Gasteiger partial charge in [-0.15, -0.1) is 0 Å². The Bertz CT molecular complexity index is 586. The molecule has 1 unspecified atom stereocenters. The van der Waals surface area contributed by atoms with Gasteiger partial charge in [0.15, 0.2) is 0 Å². The van der Waals surface area contributed by atoms with Crippen molar-refractivity contribution in [3.05, 3.63) is 29.8 Å². The molecular weight excluding hydrogens is 388 g/mol. The van der Waals surface area contributed by atoms with Crippen LogP contribution >= 0.6 is 0 Å². The summed E-state index contributed by atoms with van der Waals surface area (Å²) in [6.07, 6.45) is -0.648. The van der Waals surface area contributed by atoms with Gasteiger partial charge in [-0.3, -0.25) is 9.59 Å². The van der Waals surface area contributed by atoms with Gasteiger partial charge in [-0.25, -0.2) is 0 Å². The summed E-state index contributed by atoms with van der Waals surface area (Å²) in [5.74, 6) is 0.208. The van der Waals surface area contributed by atoms with E-state index in [-0.39, 0.29) is 38.2 Å². The van der Waals surface area contributed by atoms with Gasteiger partial charge in [0.2, 0.25) is 5.91 Å². The molecule has 0 aliphatic heterocycles. The molecule has 9 heteroatoms. The lowest BCUT2D eigenvalue weighted by molar-refractivity contribution is -0.126. The molecule has 1 aromatic carbocycles. The van der Waals surface area contributed by atoms with Crippen molar-refractivity contribution >= 4 is 11.8 Å². The van der Waals surface area contributed by atoms with Crippen molar-refractivity contribution in [3.63, 3.8) is 0 Å². The van der Waals surface area contributed by atoms with E-state index in [0.29, 0.717) is 24.4 Å². The summed E-state index contributed by atoms with van der Waals surface area (Å²) in [4.78, 5) is 23.3. The molecule has 0 spiro atoms. The first kappa shape index (κ1) is 27.8. The zero-order chi connectivity index (χ0) is 22.6. The number of rotatable bonds is 15. The molecule has 0 aliphatic rings. The molecule has 30 heavy (non-hydrogen) atoms. The van der Waals surface area contributed by atoms with Crippen LogP contribution in [0.4, 0.5) is 0 Å². The molecule has 2 amide bonds. The van der Waals surface area contributed by atoms with E-state index in [1.807, 2.05) is 27.7 Å². The zero-order valence-electron chi connectivity index (χ0n) is 18.7. The van der Waals surface area contributed by atoms with Crippen LogP contribution in [-0.4, -0.2) is 70.6 Å². The summed E-state index contributed by atoms with van der Waals surface area (Å²) in [5.41, 5.74) is 6.35. The average molecular weight is 427 g/mol. The highest BCUT2D eigenvalue weighted by Gasteiger charge is 2.08. The predicted octanol–water partition coefficient (Wildman–Crippen LogP) is 0.885. The van der Waals surface area contributed by atoms with Crippen molar-refractivity contribution in [3.8, 4) is 5.75 Å². The van der Waals surface area contributed by atoms with Crippen molar-refractivity contribution in [2.24, 2.45) is 5.73 Å². The second-order valence-electron chi connectivity index (χ2n) is 5.86. The van der Waals surface area contributed by atoms with Gasteiger partial charge in [-0.1, -0.05) is 26.8 Å². The Labute approximate surface area is 180 Å². The topological polar surface area (TPSA) is 124 Å². The van der Waals surface area contributed by atoms with E-state index < -0.39 is 6.23 Å². The largest absolute Gasteiger partial charge is 0.489 e. The van der Waals surface area contributed by atoms with Gasteiger partial charge in [0.25, 0.3) is 5.91 Å². The van der Waals surface area contributed by atoms with Crippen molar-refractivity contribution in [1.29, 1.82) is 0 Å². The molecule has 0 aliphatic carbocycles. The van der Waals surface area contributed by atoms with Crippen LogP contribution in [0.5, 0.6) is 5.75 Å². The predicted molar refractivity (Wildman–Crippen MR) is 118 cm³/mol. The molecule has 172 valence electrons. The molecule has 0 heterocycles. The number of ether oxygens (including phenoxy) is 3. The minimum absolute atomic E-state index is 0.00764. The lowest BCUT2D eigenvalue weighted by Crippen LogP contribution is -2.33. The molecule has 0 saturated carbocycles. The maximum Gasteiger partial charge on any atom is 0.251 e. The Kier molecular flexibility index (Phi) is 17.4. The maximum absolute atomic E-state index is 12.1. The van der Waals surface area contributed by atoms with E-state index in [2.05, 4.69) is 16.0 Å². The van der Waals surface area contributed by atoms with Crippen LogP contribution in [-0.2, 0) is 14.3 Å². The zero-order valence-corrected chi connectivity index (χ0v) is 18.7. The minimum Gasteiger partial charge on any atom is -0.489 e. The third-order valence-corrected chi connectivity index (χ3v) is 3.51. The van der Waals surface area contributed by atoms with Gasteiger partial charge < -0.3 is 35.9 Å². The molecule has 5 N–H and O–H groups in total. The van der Waals surface area contributed by atoms with Gasteiger partial charge >= 0.3 is 0 Å². The minimum atomic E-state index is -0.648. The Morgan fingerprint density at radius 3 is 2.53 bits per heavy atom. The van der Waals surface area contributed by atoms with E-state index in [1.165, 1.54) is 0 Å². The molecule has 1 aromatic rings. The Balaban J connectivity index is 0.00000407. The molecule has 0 radical (unpaired) electrons. The summed E-state index contributed by atoms with van der Waals surface area (Å²) >= 11 is 0. The van der Waals surface area contributed by atoms with E-state index in [1.54, 1.807) is 24.3 Å². The van der Waals surface area contributed by atoms with Gasteiger partial charge in [-0.2, -0.15) is 0 Å². The lowest BCUT2D eigenvalue weighted by Gasteiger charge is -2.15. The van der Waals surface area contributed by atoms with Crippen molar-refractivity contribution in [1.82, 2.24) is 16.0 Å². The number of nitrogens with one attached hydrogen (secondary N) is 3. The summed E-state index contributed by atoms with van der Waals surface area (Å²) in [7, 11) is 0. The number of benzene rings is 1. The molecule has 1 rings (SSSR count). The highest BCUT2D eigenvalue weighted by Crippen LogP contribution is 2.13. The summed E-state index contributed by atoms with van der Waals surface area (Å²) in [6, 6.07) is 6.87. The maximum atomic E-state index is 12.1. The number of amides is 2. The third-order valence-electron chi connectivity index (χ3n) is 3.51. The van der Waals surface area contributed by atoms with Gasteiger partial charge in [0, 0.05) is 25.2 Å². The molecule has 0 bridgehead atoms. The fraction of sp³-hybridized carbons (Fsp3) is 0.619. The molecule has 1 atom stereocenters.